The lowest BCUT2D eigenvalue weighted by Gasteiger charge is -2.31. The van der Waals surface area contributed by atoms with E-state index >= 15 is 0 Å². The molecule has 9 nitrogen and oxygen atoms in total. The number of guanidine groups is 1. The first-order valence-electron chi connectivity index (χ1n) is 8.72. The predicted octanol–water partition coefficient (Wildman–Crippen LogP) is 0.955. The summed E-state index contributed by atoms with van der Waals surface area (Å²) in [6.45, 7) is 7.87. The maximum atomic E-state index is 12.7. The number of phenols is 1. The van der Waals surface area contributed by atoms with Crippen LogP contribution in [0.25, 0.3) is 0 Å². The number of aliphatic imine (C=N–C) groups is 1. The van der Waals surface area contributed by atoms with Crippen LogP contribution in [0, 0.1) is 0 Å². The van der Waals surface area contributed by atoms with E-state index < -0.39 is 12.1 Å². The Hall–Kier alpha value is -3.49. The number of phenolic OH excluding ortho intramolecular Hbond substituents is 1. The first-order chi connectivity index (χ1) is 13.2. The van der Waals surface area contributed by atoms with E-state index in [1.807, 2.05) is 6.92 Å². The van der Waals surface area contributed by atoms with Gasteiger partial charge in [0.15, 0.2) is 0 Å². The van der Waals surface area contributed by atoms with E-state index in [0.29, 0.717) is 29.6 Å². The fourth-order valence-electron chi connectivity index (χ4n) is 3.12. The molecule has 2 heterocycles. The minimum atomic E-state index is -0.729. The number of aromatic hydroxyl groups is 1. The molecule has 9 heteroatoms. The average molecular weight is 383 g/mol. The second kappa shape index (κ2) is 7.26. The van der Waals surface area contributed by atoms with Crippen LogP contribution >= 0.6 is 0 Å². The lowest BCUT2D eigenvalue weighted by molar-refractivity contribution is -0.529. The summed E-state index contributed by atoms with van der Waals surface area (Å²) in [6, 6.07) is 5.68. The summed E-state index contributed by atoms with van der Waals surface area (Å²) in [5, 5.41) is 14.3. The Morgan fingerprint density at radius 2 is 1.96 bits per heavy atom. The van der Waals surface area contributed by atoms with Gasteiger partial charge >= 0.3 is 12.0 Å². The van der Waals surface area contributed by atoms with Gasteiger partial charge in [-0.3, -0.25) is 14.6 Å². The van der Waals surface area contributed by atoms with Crippen molar-refractivity contribution in [3.05, 3.63) is 42.0 Å². The number of amides is 3. The maximum absolute atomic E-state index is 12.7. The van der Waals surface area contributed by atoms with Crippen molar-refractivity contribution >= 4 is 29.4 Å². The Balaban J connectivity index is 1.98. The van der Waals surface area contributed by atoms with E-state index in [1.165, 1.54) is 11.9 Å². The Labute approximate surface area is 163 Å². The van der Waals surface area contributed by atoms with Crippen molar-refractivity contribution in [2.24, 2.45) is 10.1 Å². The van der Waals surface area contributed by atoms with Crippen LogP contribution in [0.2, 0.25) is 0 Å². The zero-order valence-corrected chi connectivity index (χ0v) is 16.3. The molecule has 1 unspecified atom stereocenters. The minimum Gasteiger partial charge on any atom is -0.507 e. The van der Waals surface area contributed by atoms with E-state index in [4.69, 9.17) is 0 Å². The number of hydrazone groups is 1. The van der Waals surface area contributed by atoms with Gasteiger partial charge in [0.1, 0.15) is 5.75 Å². The monoisotopic (exact) mass is 383 g/mol. The van der Waals surface area contributed by atoms with Gasteiger partial charge < -0.3 is 5.11 Å². The molecule has 2 aliphatic heterocycles. The fraction of sp³-hybridized carbons (Fsp3) is 0.316. The number of likely N-dealkylation sites (N-methyl/N-ethyl adjacent to an activating group) is 2. The van der Waals surface area contributed by atoms with Gasteiger partial charge in [-0.1, -0.05) is 23.7 Å². The van der Waals surface area contributed by atoms with Gasteiger partial charge in [0.25, 0.3) is 5.91 Å². The second-order valence-electron chi connectivity index (χ2n) is 6.85. The van der Waals surface area contributed by atoms with Crippen LogP contribution in [0.5, 0.6) is 5.75 Å². The molecule has 2 aliphatic rings. The number of urea groups is 1. The molecule has 0 bridgehead atoms. The smallest absolute Gasteiger partial charge is 0.414 e. The number of rotatable bonds is 4. The Bertz CT molecular complexity index is 962. The molecule has 3 rings (SSSR count). The highest BCUT2D eigenvalue weighted by atomic mass is 16.3. The van der Waals surface area contributed by atoms with E-state index in [2.05, 4.69) is 22.1 Å². The Morgan fingerprint density at radius 1 is 1.29 bits per heavy atom. The Kier molecular flexibility index (Phi) is 5.00. The van der Waals surface area contributed by atoms with Gasteiger partial charge in [-0.2, -0.15) is 5.43 Å². The van der Waals surface area contributed by atoms with Crippen LogP contribution in [0.15, 0.2) is 46.5 Å². The molecule has 3 amide bonds. The van der Waals surface area contributed by atoms with Crippen LogP contribution in [0.4, 0.5) is 4.79 Å². The van der Waals surface area contributed by atoms with E-state index in [0.717, 1.165) is 10.5 Å². The van der Waals surface area contributed by atoms with Gasteiger partial charge in [-0.15, -0.1) is 5.10 Å². The topological polar surface area (TPSA) is 101 Å². The lowest BCUT2D eigenvalue weighted by Crippen LogP contribution is -2.61. The van der Waals surface area contributed by atoms with Crippen molar-refractivity contribution in [3.8, 4) is 5.75 Å². The van der Waals surface area contributed by atoms with Crippen molar-refractivity contribution in [3.63, 3.8) is 0 Å². The van der Waals surface area contributed by atoms with Gasteiger partial charge in [0.2, 0.25) is 11.9 Å². The average Bonchev–Trinajstić information content (AvgIpc) is 3.01. The molecule has 2 N–H and O–H groups in total. The zero-order valence-electron chi connectivity index (χ0n) is 16.3. The summed E-state index contributed by atoms with van der Waals surface area (Å²) in [4.78, 5) is 31.8. The number of fused-ring (bicyclic) bond motifs is 1. The van der Waals surface area contributed by atoms with Crippen LogP contribution in [0.3, 0.4) is 0 Å². The van der Waals surface area contributed by atoms with Gasteiger partial charge in [0, 0.05) is 19.7 Å². The number of amidine groups is 1. The zero-order chi connectivity index (χ0) is 20.6. The molecule has 1 aromatic carbocycles. The number of nitrogens with zero attached hydrogens (tertiary/aromatic N) is 5. The summed E-state index contributed by atoms with van der Waals surface area (Å²) in [5.41, 5.74) is 4.82. The molecule has 0 saturated carbocycles. The molecule has 0 radical (unpaired) electrons. The number of benzene rings is 1. The molecule has 1 atom stereocenters. The number of hydrogen-bond acceptors (Lipinski definition) is 6. The number of carbonyl (C=O) groups is 2. The molecule has 0 aromatic heterocycles. The quantitative estimate of drug-likeness (QED) is 0.350. The maximum Gasteiger partial charge on any atom is 0.414 e. The van der Waals surface area contributed by atoms with Crippen LogP contribution in [-0.4, -0.2) is 75.6 Å². The van der Waals surface area contributed by atoms with Crippen molar-refractivity contribution in [1.29, 1.82) is 0 Å². The van der Waals surface area contributed by atoms with E-state index in [-0.39, 0.29) is 11.7 Å². The van der Waals surface area contributed by atoms with Gasteiger partial charge in [-0.05, 0) is 31.6 Å². The van der Waals surface area contributed by atoms with E-state index in [9.17, 15) is 14.7 Å². The molecule has 1 fully saturated rings. The van der Waals surface area contributed by atoms with Crippen molar-refractivity contribution < 1.29 is 19.3 Å². The summed E-state index contributed by atoms with van der Waals surface area (Å²) in [7, 11) is 3.03. The summed E-state index contributed by atoms with van der Waals surface area (Å²) in [6.07, 6.45) is 0. The first kappa shape index (κ1) is 19.3. The van der Waals surface area contributed by atoms with Crippen molar-refractivity contribution in [1.82, 2.24) is 15.2 Å². The number of para-hydroxylation sites is 1. The molecule has 1 aromatic rings. The highest BCUT2D eigenvalue weighted by Gasteiger charge is 2.51. The number of hydrogen-bond donors (Lipinski definition) is 2. The summed E-state index contributed by atoms with van der Waals surface area (Å²) in [5.74, 6) is 0.428. The minimum absolute atomic E-state index is 0.114. The SMILES string of the molecule is C=C(C)C[N+]1=C(N/N=C(\C)c2ccccc2O)N=C2C1C(=O)N(C)C(=O)N2C. The van der Waals surface area contributed by atoms with Crippen molar-refractivity contribution in [2.45, 2.75) is 19.9 Å². The molecule has 1 saturated heterocycles. The third kappa shape index (κ3) is 3.26. The van der Waals surface area contributed by atoms with Crippen LogP contribution in [0.1, 0.15) is 19.4 Å². The highest BCUT2D eigenvalue weighted by Crippen LogP contribution is 2.19. The first-order valence-corrected chi connectivity index (χ1v) is 8.72. The third-order valence-corrected chi connectivity index (χ3v) is 4.59. The lowest BCUT2D eigenvalue weighted by atomic mass is 10.1. The molecule has 28 heavy (non-hydrogen) atoms. The van der Waals surface area contributed by atoms with Crippen LogP contribution < -0.4 is 5.43 Å². The summed E-state index contributed by atoms with van der Waals surface area (Å²) >= 11 is 0. The molecule has 0 aliphatic carbocycles. The highest BCUT2D eigenvalue weighted by molar-refractivity contribution is 6.22. The normalized spacial score (nSPS) is 19.8. The van der Waals surface area contributed by atoms with Crippen molar-refractivity contribution in [2.75, 3.05) is 20.6 Å². The number of nitrogens with one attached hydrogen (secondary N) is 1. The number of imide groups is 1. The van der Waals surface area contributed by atoms with Crippen LogP contribution in [-0.2, 0) is 4.79 Å². The molecule has 146 valence electrons. The van der Waals surface area contributed by atoms with E-state index in [1.54, 1.807) is 42.8 Å². The standard InChI is InChI=1S/C19H22N6O3/c1-11(2)10-25-15-16(23(4)19(28)24(5)17(15)27)20-18(25)22-21-12(3)13-8-6-7-9-14(13)26/h6-9,15H,1,10H2,2-5H3,(H,21,26)/p+1. The predicted molar refractivity (Wildman–Crippen MR) is 106 cm³/mol. The largest absolute Gasteiger partial charge is 0.507 e. The third-order valence-electron chi connectivity index (χ3n) is 4.59. The number of carbonyl (C=O) groups excluding carboxylic acids is 2. The second-order valence-corrected chi connectivity index (χ2v) is 6.85. The molecule has 0 spiro atoms. The molecular weight excluding hydrogens is 360 g/mol. The summed E-state index contributed by atoms with van der Waals surface area (Å²) < 4.78 is 1.72. The Morgan fingerprint density at radius 3 is 2.61 bits per heavy atom. The fourth-order valence-corrected chi connectivity index (χ4v) is 3.12. The molecular formula is C19H23N6O3+. The van der Waals surface area contributed by atoms with Gasteiger partial charge in [-0.25, -0.2) is 9.37 Å². The van der Waals surface area contributed by atoms with Gasteiger partial charge in [0.05, 0.1) is 12.3 Å².